The number of aromatic nitrogens is 3. The van der Waals surface area contributed by atoms with Gasteiger partial charge in [0.25, 0.3) is 0 Å². The number of nitrogens with zero attached hydrogens (tertiary/aromatic N) is 3. The smallest absolute Gasteiger partial charge is 0.151 e. The molecule has 0 aliphatic carbocycles. The monoisotopic (exact) mass is 297 g/mol. The van der Waals surface area contributed by atoms with Crippen molar-refractivity contribution < 1.29 is 4.39 Å². The fourth-order valence-electron chi connectivity index (χ4n) is 3.17. The van der Waals surface area contributed by atoms with Crippen LogP contribution in [0.1, 0.15) is 18.0 Å². The molecule has 1 fully saturated rings. The lowest BCUT2D eigenvalue weighted by Crippen LogP contribution is -2.10. The molecule has 0 amide bonds. The second-order valence-electron chi connectivity index (χ2n) is 5.59. The van der Waals surface area contributed by atoms with E-state index in [9.17, 15) is 4.39 Å². The minimum Gasteiger partial charge on any atom is -0.382 e. The summed E-state index contributed by atoms with van der Waals surface area (Å²) in [4.78, 5) is 4.09. The fraction of sp³-hybridized carbons (Fsp3) is 0.250. The summed E-state index contributed by atoms with van der Waals surface area (Å²) in [6.07, 6.45) is 2.52. The van der Waals surface area contributed by atoms with E-state index in [1.807, 2.05) is 10.6 Å². The zero-order valence-electron chi connectivity index (χ0n) is 12.0. The molecule has 0 saturated carbocycles. The van der Waals surface area contributed by atoms with Gasteiger partial charge in [-0.25, -0.2) is 13.9 Å². The molecule has 6 heteroatoms. The Kier molecular flexibility index (Phi) is 3.04. The zero-order valence-corrected chi connectivity index (χ0v) is 12.0. The topological polar surface area (TPSA) is 68.2 Å². The lowest BCUT2D eigenvalue weighted by atomic mass is 10.0. The molecule has 0 spiro atoms. The summed E-state index contributed by atoms with van der Waals surface area (Å²) >= 11 is 0. The molecule has 3 heterocycles. The molecule has 1 aromatic carbocycles. The molecule has 5 nitrogen and oxygen atoms in total. The first-order chi connectivity index (χ1) is 10.7. The minimum absolute atomic E-state index is 0.267. The Balaban J connectivity index is 1.98. The van der Waals surface area contributed by atoms with Crippen LogP contribution in [0, 0.1) is 5.82 Å². The van der Waals surface area contributed by atoms with Gasteiger partial charge in [-0.2, -0.15) is 5.10 Å². The molecule has 1 aliphatic rings. The minimum atomic E-state index is -0.267. The largest absolute Gasteiger partial charge is 0.382 e. The van der Waals surface area contributed by atoms with Gasteiger partial charge >= 0.3 is 0 Å². The van der Waals surface area contributed by atoms with Crippen LogP contribution >= 0.6 is 0 Å². The molecule has 1 unspecified atom stereocenters. The predicted octanol–water partition coefficient (Wildman–Crippen LogP) is 2.19. The van der Waals surface area contributed by atoms with Crippen LogP contribution in [-0.2, 0) is 0 Å². The van der Waals surface area contributed by atoms with Crippen molar-refractivity contribution in [2.75, 3.05) is 18.8 Å². The molecule has 22 heavy (non-hydrogen) atoms. The molecule has 1 atom stereocenters. The van der Waals surface area contributed by atoms with Gasteiger partial charge in [0.1, 0.15) is 17.7 Å². The van der Waals surface area contributed by atoms with Gasteiger partial charge in [-0.3, -0.25) is 0 Å². The number of hydrogen-bond acceptors (Lipinski definition) is 4. The summed E-state index contributed by atoms with van der Waals surface area (Å²) in [6, 6.07) is 8.58. The quantitative estimate of drug-likeness (QED) is 0.761. The van der Waals surface area contributed by atoms with Crippen molar-refractivity contribution in [1.29, 1.82) is 0 Å². The van der Waals surface area contributed by atoms with Crippen LogP contribution in [0.2, 0.25) is 0 Å². The first kappa shape index (κ1) is 13.2. The van der Waals surface area contributed by atoms with Crippen LogP contribution in [0.3, 0.4) is 0 Å². The zero-order chi connectivity index (χ0) is 15.1. The first-order valence-electron chi connectivity index (χ1n) is 7.33. The van der Waals surface area contributed by atoms with Crippen LogP contribution in [0.25, 0.3) is 16.6 Å². The third-order valence-corrected chi connectivity index (χ3v) is 4.22. The van der Waals surface area contributed by atoms with Gasteiger partial charge in [0.15, 0.2) is 5.82 Å². The number of nitrogen functional groups attached to an aromatic ring is 1. The van der Waals surface area contributed by atoms with E-state index in [0.29, 0.717) is 11.7 Å². The predicted molar refractivity (Wildman–Crippen MR) is 83.0 cm³/mol. The Hall–Kier alpha value is -2.47. The van der Waals surface area contributed by atoms with Crippen LogP contribution in [0.4, 0.5) is 10.2 Å². The molecule has 4 rings (SSSR count). The maximum Gasteiger partial charge on any atom is 0.151 e. The highest BCUT2D eigenvalue weighted by Crippen LogP contribution is 2.34. The van der Waals surface area contributed by atoms with E-state index in [1.54, 1.807) is 6.07 Å². The van der Waals surface area contributed by atoms with E-state index in [-0.39, 0.29) is 5.82 Å². The summed E-state index contributed by atoms with van der Waals surface area (Å²) in [7, 11) is 0. The summed E-state index contributed by atoms with van der Waals surface area (Å²) < 4.78 is 15.4. The van der Waals surface area contributed by atoms with E-state index < -0.39 is 0 Å². The van der Waals surface area contributed by atoms with Crippen LogP contribution < -0.4 is 11.1 Å². The van der Waals surface area contributed by atoms with E-state index >= 15 is 0 Å². The van der Waals surface area contributed by atoms with Crippen LogP contribution in [0.5, 0.6) is 0 Å². The Morgan fingerprint density at radius 3 is 3.00 bits per heavy atom. The molecule has 112 valence electrons. The normalized spacial score (nSPS) is 18.1. The van der Waals surface area contributed by atoms with Crippen molar-refractivity contribution in [3.8, 4) is 11.1 Å². The van der Waals surface area contributed by atoms with Gasteiger partial charge in [-0.1, -0.05) is 12.1 Å². The molecule has 3 N–H and O–H groups in total. The van der Waals surface area contributed by atoms with Gasteiger partial charge in [0.2, 0.25) is 0 Å². The molecular weight excluding hydrogens is 281 g/mol. The van der Waals surface area contributed by atoms with Gasteiger partial charge in [-0.15, -0.1) is 0 Å². The van der Waals surface area contributed by atoms with Crippen molar-refractivity contribution in [3.05, 3.63) is 48.2 Å². The Morgan fingerprint density at radius 1 is 1.32 bits per heavy atom. The van der Waals surface area contributed by atoms with E-state index in [1.165, 1.54) is 18.5 Å². The maximum absolute atomic E-state index is 13.6. The maximum atomic E-state index is 13.6. The molecule has 3 aromatic rings. The average Bonchev–Trinajstić information content (AvgIpc) is 3.15. The van der Waals surface area contributed by atoms with Crippen LogP contribution in [0.15, 0.2) is 36.7 Å². The number of fused-ring (bicyclic) bond motifs is 1. The Labute approximate surface area is 127 Å². The number of halogens is 1. The molecule has 1 aliphatic heterocycles. The number of hydrogen-bond donors (Lipinski definition) is 2. The van der Waals surface area contributed by atoms with Crippen molar-refractivity contribution in [2.24, 2.45) is 0 Å². The third kappa shape index (κ3) is 2.03. The molecule has 2 aromatic heterocycles. The third-order valence-electron chi connectivity index (χ3n) is 4.22. The van der Waals surface area contributed by atoms with E-state index in [4.69, 9.17) is 5.73 Å². The van der Waals surface area contributed by atoms with Crippen molar-refractivity contribution >= 4 is 11.3 Å². The van der Waals surface area contributed by atoms with Gasteiger partial charge in [0.05, 0.1) is 0 Å². The van der Waals surface area contributed by atoms with Gasteiger partial charge in [0, 0.05) is 23.7 Å². The number of nitrogens with two attached hydrogens (primary N) is 1. The SMILES string of the molecule is Nc1ncnn2c(C3CCNC3)cc(-c3cccc(F)c3)c12. The second-order valence-corrected chi connectivity index (χ2v) is 5.59. The van der Waals surface area contributed by atoms with Gasteiger partial charge in [-0.05, 0) is 36.7 Å². The highest BCUT2D eigenvalue weighted by Gasteiger charge is 2.24. The summed E-state index contributed by atoms with van der Waals surface area (Å²) in [5.41, 5.74) is 9.56. The molecule has 1 saturated heterocycles. The number of rotatable bonds is 2. The highest BCUT2D eigenvalue weighted by molar-refractivity contribution is 5.88. The van der Waals surface area contributed by atoms with Crippen molar-refractivity contribution in [3.63, 3.8) is 0 Å². The molecule has 0 bridgehead atoms. The van der Waals surface area contributed by atoms with Crippen molar-refractivity contribution in [2.45, 2.75) is 12.3 Å². The first-order valence-corrected chi connectivity index (χ1v) is 7.33. The van der Waals surface area contributed by atoms with E-state index in [0.717, 1.165) is 41.8 Å². The van der Waals surface area contributed by atoms with Crippen molar-refractivity contribution in [1.82, 2.24) is 19.9 Å². The molecular formula is C16H16FN5. The second kappa shape index (κ2) is 5.06. The highest BCUT2D eigenvalue weighted by atomic mass is 19.1. The average molecular weight is 297 g/mol. The fourth-order valence-corrected chi connectivity index (χ4v) is 3.17. The summed E-state index contributed by atoms with van der Waals surface area (Å²) in [5, 5.41) is 7.72. The number of anilines is 1. The Morgan fingerprint density at radius 2 is 2.23 bits per heavy atom. The van der Waals surface area contributed by atoms with Gasteiger partial charge < -0.3 is 11.1 Å². The summed E-state index contributed by atoms with van der Waals surface area (Å²) in [5.74, 6) is 0.520. The number of nitrogens with one attached hydrogen (secondary N) is 1. The Bertz CT molecular complexity index is 836. The van der Waals surface area contributed by atoms with Crippen LogP contribution in [-0.4, -0.2) is 27.7 Å². The molecule has 0 radical (unpaired) electrons. The lowest BCUT2D eigenvalue weighted by molar-refractivity contribution is 0.628. The standard InChI is InChI=1S/C16H16FN5/c17-12-3-1-2-10(6-12)13-7-14(11-4-5-19-8-11)22-15(13)16(18)20-9-21-22/h1-3,6-7,9,11,19H,4-5,8H2,(H2,18,20,21). The lowest BCUT2D eigenvalue weighted by Gasteiger charge is -2.07. The van der Waals surface area contributed by atoms with E-state index in [2.05, 4.69) is 21.5 Å². The summed E-state index contributed by atoms with van der Waals surface area (Å²) in [6.45, 7) is 1.91. The number of benzene rings is 1.